The summed E-state index contributed by atoms with van der Waals surface area (Å²) in [6.45, 7) is 1.76. The first-order valence-corrected chi connectivity index (χ1v) is 8.88. The Kier molecular flexibility index (Phi) is 4.47. The van der Waals surface area contributed by atoms with Gasteiger partial charge in [-0.2, -0.15) is 0 Å². The van der Waals surface area contributed by atoms with Crippen LogP contribution in [0.5, 0.6) is 0 Å². The molecule has 1 aromatic heterocycles. The standard InChI is InChI=1S/C11H8BrCl2NO2S2/c1-6-4-10(18-11(6)14)19(16,17)15-7-2-3-9(13)8(12)5-7/h2-5,15H,1H3. The molecule has 1 aromatic carbocycles. The summed E-state index contributed by atoms with van der Waals surface area (Å²) in [4.78, 5) is 0. The van der Waals surface area contributed by atoms with Crippen LogP contribution in [0.3, 0.4) is 0 Å². The Hall–Kier alpha value is -0.270. The molecule has 0 amide bonds. The zero-order chi connectivity index (χ0) is 14.2. The summed E-state index contributed by atoms with van der Waals surface area (Å²) in [7, 11) is -3.62. The zero-order valence-electron chi connectivity index (χ0n) is 9.58. The highest BCUT2D eigenvalue weighted by Crippen LogP contribution is 2.32. The average molecular weight is 401 g/mol. The van der Waals surface area contributed by atoms with Gasteiger partial charge in [0, 0.05) is 4.47 Å². The maximum absolute atomic E-state index is 12.2. The molecule has 0 aliphatic rings. The fourth-order valence-electron chi connectivity index (χ4n) is 1.33. The molecule has 0 radical (unpaired) electrons. The molecular formula is C11H8BrCl2NO2S2. The van der Waals surface area contributed by atoms with Gasteiger partial charge in [-0.25, -0.2) is 8.42 Å². The lowest BCUT2D eigenvalue weighted by Gasteiger charge is -2.07. The normalized spacial score (nSPS) is 11.6. The Morgan fingerprint density at radius 2 is 1.95 bits per heavy atom. The minimum Gasteiger partial charge on any atom is -0.279 e. The minimum absolute atomic E-state index is 0.182. The van der Waals surface area contributed by atoms with Crippen molar-refractivity contribution < 1.29 is 8.42 Å². The van der Waals surface area contributed by atoms with Gasteiger partial charge in [0.15, 0.2) is 0 Å². The number of sulfonamides is 1. The zero-order valence-corrected chi connectivity index (χ0v) is 14.3. The van der Waals surface area contributed by atoms with Crippen molar-refractivity contribution >= 4 is 66.2 Å². The van der Waals surface area contributed by atoms with E-state index in [1.165, 1.54) is 0 Å². The van der Waals surface area contributed by atoms with E-state index < -0.39 is 10.0 Å². The molecule has 0 spiro atoms. The van der Waals surface area contributed by atoms with E-state index in [2.05, 4.69) is 20.7 Å². The number of aryl methyl sites for hydroxylation is 1. The molecule has 3 nitrogen and oxygen atoms in total. The highest BCUT2D eigenvalue weighted by Gasteiger charge is 2.18. The van der Waals surface area contributed by atoms with Gasteiger partial charge in [0.1, 0.15) is 4.21 Å². The van der Waals surface area contributed by atoms with E-state index in [1.54, 1.807) is 31.2 Å². The number of hydrogen-bond donors (Lipinski definition) is 1. The first kappa shape index (κ1) is 15.1. The quantitative estimate of drug-likeness (QED) is 0.793. The summed E-state index contributed by atoms with van der Waals surface area (Å²) >= 11 is 16.0. The third kappa shape index (κ3) is 3.44. The molecule has 102 valence electrons. The molecule has 8 heteroatoms. The topological polar surface area (TPSA) is 46.2 Å². The summed E-state index contributed by atoms with van der Waals surface area (Å²) in [5.41, 5.74) is 1.17. The van der Waals surface area contributed by atoms with Gasteiger partial charge >= 0.3 is 0 Å². The van der Waals surface area contributed by atoms with Crippen LogP contribution < -0.4 is 4.72 Å². The van der Waals surface area contributed by atoms with Gasteiger partial charge in [0.2, 0.25) is 0 Å². The van der Waals surface area contributed by atoms with Crippen LogP contribution in [0, 0.1) is 6.92 Å². The third-order valence-corrected chi connectivity index (χ3v) is 6.90. The van der Waals surface area contributed by atoms with Crippen molar-refractivity contribution in [1.82, 2.24) is 0 Å². The van der Waals surface area contributed by atoms with E-state index in [1.807, 2.05) is 0 Å². The molecule has 0 unspecified atom stereocenters. The van der Waals surface area contributed by atoms with Crippen LogP contribution in [-0.2, 0) is 10.0 Å². The van der Waals surface area contributed by atoms with E-state index in [0.29, 0.717) is 19.5 Å². The van der Waals surface area contributed by atoms with E-state index in [0.717, 1.165) is 16.9 Å². The highest BCUT2D eigenvalue weighted by atomic mass is 79.9. The van der Waals surface area contributed by atoms with E-state index in [-0.39, 0.29) is 4.21 Å². The van der Waals surface area contributed by atoms with Crippen LogP contribution in [0.15, 0.2) is 32.9 Å². The second kappa shape index (κ2) is 5.61. The molecule has 2 rings (SSSR count). The van der Waals surface area contributed by atoms with Crippen molar-refractivity contribution in [2.75, 3.05) is 4.72 Å². The largest absolute Gasteiger partial charge is 0.279 e. The van der Waals surface area contributed by atoms with E-state index >= 15 is 0 Å². The van der Waals surface area contributed by atoms with Crippen molar-refractivity contribution in [1.29, 1.82) is 0 Å². The lowest BCUT2D eigenvalue weighted by molar-refractivity contribution is 0.603. The van der Waals surface area contributed by atoms with Gasteiger partial charge in [-0.15, -0.1) is 11.3 Å². The number of nitrogens with one attached hydrogen (secondary N) is 1. The number of rotatable bonds is 3. The Morgan fingerprint density at radius 3 is 2.47 bits per heavy atom. The Balaban J connectivity index is 2.33. The Labute approximate surface area is 133 Å². The molecule has 1 N–H and O–H groups in total. The fourth-order valence-corrected chi connectivity index (χ4v) is 4.58. The average Bonchev–Trinajstić information content (AvgIpc) is 2.65. The molecule has 2 aromatic rings. The Morgan fingerprint density at radius 1 is 1.26 bits per heavy atom. The Bertz CT molecular complexity index is 709. The number of benzene rings is 1. The minimum atomic E-state index is -3.62. The van der Waals surface area contributed by atoms with Gasteiger partial charge in [0.05, 0.1) is 15.0 Å². The first-order chi connectivity index (χ1) is 8.79. The number of halogens is 3. The number of thiophene rings is 1. The summed E-state index contributed by atoms with van der Waals surface area (Å²) in [6.07, 6.45) is 0. The monoisotopic (exact) mass is 399 g/mol. The fraction of sp³-hybridized carbons (Fsp3) is 0.0909. The van der Waals surface area contributed by atoms with E-state index in [4.69, 9.17) is 23.2 Å². The summed E-state index contributed by atoms with van der Waals surface area (Å²) < 4.78 is 28.1. The van der Waals surface area contributed by atoms with Crippen LogP contribution in [0.4, 0.5) is 5.69 Å². The first-order valence-electron chi connectivity index (χ1n) is 5.03. The molecule has 0 saturated carbocycles. The molecule has 0 bridgehead atoms. The maximum Gasteiger partial charge on any atom is 0.271 e. The predicted octanol–water partition coefficient (Wildman–Crippen LogP) is 4.93. The number of hydrogen-bond acceptors (Lipinski definition) is 3. The van der Waals surface area contributed by atoms with Crippen LogP contribution in [0.2, 0.25) is 9.36 Å². The van der Waals surface area contributed by atoms with Gasteiger partial charge in [-0.3, -0.25) is 4.72 Å². The molecule has 0 aliphatic heterocycles. The van der Waals surface area contributed by atoms with Gasteiger partial charge in [-0.1, -0.05) is 23.2 Å². The maximum atomic E-state index is 12.2. The molecule has 0 fully saturated rings. The molecule has 0 atom stereocenters. The van der Waals surface area contributed by atoms with Crippen LogP contribution in [0.1, 0.15) is 5.56 Å². The van der Waals surface area contributed by atoms with Gasteiger partial charge in [-0.05, 0) is 52.7 Å². The summed E-state index contributed by atoms with van der Waals surface area (Å²) in [5.74, 6) is 0. The lowest BCUT2D eigenvalue weighted by Crippen LogP contribution is -2.11. The molecular weight excluding hydrogens is 393 g/mol. The van der Waals surface area contributed by atoms with Crippen molar-refractivity contribution in [3.8, 4) is 0 Å². The van der Waals surface area contributed by atoms with Gasteiger partial charge in [0.25, 0.3) is 10.0 Å². The SMILES string of the molecule is Cc1cc(S(=O)(=O)Nc2ccc(Cl)c(Br)c2)sc1Cl. The van der Waals surface area contributed by atoms with Crippen LogP contribution in [-0.4, -0.2) is 8.42 Å². The molecule has 19 heavy (non-hydrogen) atoms. The van der Waals surface area contributed by atoms with Crippen molar-refractivity contribution in [2.24, 2.45) is 0 Å². The molecule has 0 saturated heterocycles. The van der Waals surface area contributed by atoms with Crippen molar-refractivity contribution in [3.05, 3.63) is 43.7 Å². The summed E-state index contributed by atoms with van der Waals surface area (Å²) in [6, 6.07) is 6.34. The highest BCUT2D eigenvalue weighted by molar-refractivity contribution is 9.10. The van der Waals surface area contributed by atoms with E-state index in [9.17, 15) is 8.42 Å². The van der Waals surface area contributed by atoms with Crippen LogP contribution in [0.25, 0.3) is 0 Å². The molecule has 1 heterocycles. The number of anilines is 1. The van der Waals surface area contributed by atoms with Gasteiger partial charge < -0.3 is 0 Å². The van der Waals surface area contributed by atoms with Crippen molar-refractivity contribution in [2.45, 2.75) is 11.1 Å². The molecule has 0 aliphatic carbocycles. The predicted molar refractivity (Wildman–Crippen MR) is 84.0 cm³/mol. The lowest BCUT2D eigenvalue weighted by atomic mass is 10.3. The summed E-state index contributed by atoms with van der Waals surface area (Å²) in [5, 5.41) is 0.512. The smallest absolute Gasteiger partial charge is 0.271 e. The second-order valence-electron chi connectivity index (χ2n) is 3.76. The third-order valence-electron chi connectivity index (χ3n) is 2.27. The van der Waals surface area contributed by atoms with Crippen LogP contribution >= 0.6 is 50.5 Å². The van der Waals surface area contributed by atoms with Crippen molar-refractivity contribution in [3.63, 3.8) is 0 Å². The second-order valence-corrected chi connectivity index (χ2v) is 8.58.